The Balaban J connectivity index is 1.88. The molecule has 0 bridgehead atoms. The molecule has 1 aliphatic rings. The number of carboxylic acids is 1. The summed E-state index contributed by atoms with van der Waals surface area (Å²) in [6, 6.07) is 13.4. The second-order valence-corrected chi connectivity index (χ2v) is 11.5. The van der Waals surface area contributed by atoms with Gasteiger partial charge in [-0.2, -0.15) is 13.2 Å². The van der Waals surface area contributed by atoms with Crippen LogP contribution in [0.15, 0.2) is 65.6 Å². The number of ether oxygens (including phenoxy) is 1. The maximum Gasteiger partial charge on any atom is 0.416 e. The number of hydrogen-bond donors (Lipinski definition) is 1. The number of carbonyl (C=O) groups is 1. The van der Waals surface area contributed by atoms with Crippen molar-refractivity contribution in [1.82, 2.24) is 4.98 Å². The summed E-state index contributed by atoms with van der Waals surface area (Å²) in [5.74, 6) is -0.476. The van der Waals surface area contributed by atoms with Crippen LogP contribution in [0.3, 0.4) is 0 Å². The van der Waals surface area contributed by atoms with Crippen molar-refractivity contribution in [2.24, 2.45) is 5.41 Å². The van der Waals surface area contributed by atoms with Crippen LogP contribution < -0.4 is 13.9 Å². The molecule has 2 aromatic carbocycles. The van der Waals surface area contributed by atoms with E-state index in [1.807, 2.05) is 14.1 Å². The number of nitrogens with zero attached hydrogens (tertiary/aromatic N) is 3. The summed E-state index contributed by atoms with van der Waals surface area (Å²) in [5.41, 5.74) is -1.50. The number of carboxylic acid groups (broad SMARTS) is 1. The van der Waals surface area contributed by atoms with Crippen molar-refractivity contribution in [1.29, 1.82) is 0 Å². The van der Waals surface area contributed by atoms with Gasteiger partial charge in [0.15, 0.2) is 0 Å². The Morgan fingerprint density at radius 3 is 2.39 bits per heavy atom. The summed E-state index contributed by atoms with van der Waals surface area (Å²) in [5, 5.41) is 9.75. The zero-order valence-corrected chi connectivity index (χ0v) is 21.8. The lowest BCUT2D eigenvalue weighted by atomic mass is 9.85. The van der Waals surface area contributed by atoms with Crippen LogP contribution in [0.4, 0.5) is 24.7 Å². The van der Waals surface area contributed by atoms with E-state index in [1.54, 1.807) is 29.2 Å². The second kappa shape index (κ2) is 9.50. The van der Waals surface area contributed by atoms with E-state index < -0.39 is 50.7 Å². The van der Waals surface area contributed by atoms with Gasteiger partial charge in [-0.1, -0.05) is 12.1 Å². The first-order valence-electron chi connectivity index (χ1n) is 11.5. The van der Waals surface area contributed by atoms with Crippen LogP contribution in [0.5, 0.6) is 5.75 Å². The van der Waals surface area contributed by atoms with E-state index >= 15 is 0 Å². The minimum atomic E-state index is -4.75. The Morgan fingerprint density at radius 2 is 1.76 bits per heavy atom. The number of pyridine rings is 1. The van der Waals surface area contributed by atoms with Crippen molar-refractivity contribution in [3.05, 3.63) is 66.2 Å². The normalized spacial score (nSPS) is 16.0. The van der Waals surface area contributed by atoms with E-state index in [4.69, 9.17) is 4.74 Å². The number of fused-ring (bicyclic) bond motifs is 1. The Bertz CT molecular complexity index is 1490. The van der Waals surface area contributed by atoms with Crippen molar-refractivity contribution in [3.63, 3.8) is 0 Å². The van der Waals surface area contributed by atoms with E-state index in [0.29, 0.717) is 23.1 Å². The molecule has 0 spiro atoms. The smallest absolute Gasteiger partial charge is 0.416 e. The van der Waals surface area contributed by atoms with E-state index in [9.17, 15) is 31.5 Å². The van der Waals surface area contributed by atoms with Gasteiger partial charge in [0.2, 0.25) is 0 Å². The predicted octanol–water partition coefficient (Wildman–Crippen LogP) is 4.90. The highest BCUT2D eigenvalue weighted by Gasteiger charge is 2.46. The molecule has 8 nitrogen and oxygen atoms in total. The zero-order valence-electron chi connectivity index (χ0n) is 21.0. The first kappa shape index (κ1) is 27.2. The highest BCUT2D eigenvalue weighted by Crippen LogP contribution is 2.43. The van der Waals surface area contributed by atoms with Gasteiger partial charge in [-0.05, 0) is 62.4 Å². The number of alkyl halides is 3. The molecule has 1 aliphatic heterocycles. The van der Waals surface area contributed by atoms with Gasteiger partial charge in [0.25, 0.3) is 10.0 Å². The lowest BCUT2D eigenvalue weighted by Gasteiger charge is -2.40. The van der Waals surface area contributed by atoms with Crippen molar-refractivity contribution in [2.75, 3.05) is 29.8 Å². The summed E-state index contributed by atoms with van der Waals surface area (Å²) in [6.07, 6.45) is -5.88. The van der Waals surface area contributed by atoms with Crippen molar-refractivity contribution < 1.29 is 36.2 Å². The molecule has 0 radical (unpaired) electrons. The quantitative estimate of drug-likeness (QED) is 0.467. The van der Waals surface area contributed by atoms with Crippen LogP contribution in [-0.2, 0) is 21.0 Å². The van der Waals surface area contributed by atoms with E-state index in [0.717, 1.165) is 22.5 Å². The molecule has 1 unspecified atom stereocenters. The highest BCUT2D eigenvalue weighted by molar-refractivity contribution is 7.92. The molecule has 4 rings (SSSR count). The number of aliphatic carboxylic acids is 1. The predicted molar refractivity (Wildman–Crippen MR) is 136 cm³/mol. The fraction of sp³-hybridized carbons (Fsp3) is 0.308. The average Bonchev–Trinajstić information content (AvgIpc) is 2.87. The Morgan fingerprint density at radius 1 is 1.08 bits per heavy atom. The Hall–Kier alpha value is -3.80. The molecule has 0 saturated heterocycles. The molecular formula is C26H26F3N3O5S. The fourth-order valence-corrected chi connectivity index (χ4v) is 5.46. The third-order valence-corrected chi connectivity index (χ3v) is 8.20. The highest BCUT2D eigenvalue weighted by atomic mass is 32.2. The summed E-state index contributed by atoms with van der Waals surface area (Å²) in [6.45, 7) is 2.36. The number of sulfonamides is 1. The van der Waals surface area contributed by atoms with Gasteiger partial charge < -0.3 is 14.7 Å². The van der Waals surface area contributed by atoms with Crippen molar-refractivity contribution in [2.45, 2.75) is 31.0 Å². The number of halogens is 3. The molecule has 0 fully saturated rings. The maximum absolute atomic E-state index is 13.8. The molecule has 0 amide bonds. The second-order valence-electron chi connectivity index (χ2n) is 9.65. The number of anilines is 2. The van der Waals surface area contributed by atoms with Crippen molar-refractivity contribution in [3.8, 4) is 17.0 Å². The number of rotatable bonds is 6. The zero-order chi connectivity index (χ0) is 28.0. The van der Waals surface area contributed by atoms with Gasteiger partial charge in [-0.25, -0.2) is 13.4 Å². The van der Waals surface area contributed by atoms with Gasteiger partial charge in [-0.3, -0.25) is 9.10 Å². The molecule has 0 aliphatic carbocycles. The molecule has 38 heavy (non-hydrogen) atoms. The lowest BCUT2D eigenvalue weighted by Crippen LogP contribution is -2.52. The summed E-state index contributed by atoms with van der Waals surface area (Å²) >= 11 is 0. The average molecular weight is 550 g/mol. The topological polar surface area (TPSA) is 100 Å². The molecule has 202 valence electrons. The van der Waals surface area contributed by atoms with Crippen LogP contribution in [0.2, 0.25) is 0 Å². The molecule has 2 heterocycles. The third-order valence-electron chi connectivity index (χ3n) is 6.42. The van der Waals surface area contributed by atoms with Crippen LogP contribution >= 0.6 is 0 Å². The standard InChI is InChI=1S/C26H26F3N3O5S/c1-25(2,24(33)34)22-15-32(38(35,36)18-8-5-7-17(14-18)26(27,28)29)20-13-16(11-12-21(20)37-22)19-9-6-10-23(30-19)31(3)4/h5-14,22H,15H2,1-4H3,(H,33,34). The minimum Gasteiger partial charge on any atom is -0.485 e. The molecule has 0 saturated carbocycles. The summed E-state index contributed by atoms with van der Waals surface area (Å²) in [4.78, 5) is 17.7. The monoisotopic (exact) mass is 549 g/mol. The molecule has 1 aromatic heterocycles. The Labute approximate surface area is 218 Å². The molecule has 12 heteroatoms. The van der Waals surface area contributed by atoms with Crippen LogP contribution in [0.25, 0.3) is 11.3 Å². The summed E-state index contributed by atoms with van der Waals surface area (Å²) < 4.78 is 74.6. The Kier molecular flexibility index (Phi) is 6.81. The van der Waals surface area contributed by atoms with Gasteiger partial charge >= 0.3 is 12.1 Å². The maximum atomic E-state index is 13.8. The molecule has 1 atom stereocenters. The van der Waals surface area contributed by atoms with Crippen molar-refractivity contribution >= 4 is 27.5 Å². The van der Waals surface area contributed by atoms with Gasteiger partial charge in [0.05, 0.1) is 28.4 Å². The van der Waals surface area contributed by atoms with Gasteiger partial charge in [0, 0.05) is 19.7 Å². The first-order chi connectivity index (χ1) is 17.6. The third kappa shape index (κ3) is 5.00. The van der Waals surface area contributed by atoms with Gasteiger partial charge in [-0.15, -0.1) is 0 Å². The first-order valence-corrected chi connectivity index (χ1v) is 13.0. The van der Waals surface area contributed by atoms with E-state index in [2.05, 4.69) is 4.98 Å². The van der Waals surface area contributed by atoms with E-state index in [-0.39, 0.29) is 11.4 Å². The van der Waals surface area contributed by atoms with Crippen LogP contribution in [0, 0.1) is 5.41 Å². The van der Waals surface area contributed by atoms with E-state index in [1.165, 1.54) is 26.0 Å². The SMILES string of the molecule is CN(C)c1cccc(-c2ccc3c(c2)N(S(=O)(=O)c2cccc(C(F)(F)F)c2)CC(C(C)(C)C(=O)O)O3)n1. The molecule has 3 aromatic rings. The fourth-order valence-electron chi connectivity index (χ4n) is 3.94. The number of aromatic nitrogens is 1. The molecule has 1 N–H and O–H groups in total. The number of benzene rings is 2. The van der Waals surface area contributed by atoms with Crippen LogP contribution in [-0.4, -0.2) is 51.2 Å². The van der Waals surface area contributed by atoms with Crippen LogP contribution in [0.1, 0.15) is 19.4 Å². The van der Waals surface area contributed by atoms with Gasteiger partial charge in [0.1, 0.15) is 23.1 Å². The largest absolute Gasteiger partial charge is 0.485 e. The molecular weight excluding hydrogens is 523 g/mol. The summed E-state index contributed by atoms with van der Waals surface area (Å²) in [7, 11) is -0.926. The lowest BCUT2D eigenvalue weighted by molar-refractivity contribution is -0.152. The number of hydrogen-bond acceptors (Lipinski definition) is 6. The minimum absolute atomic E-state index is 0.0643.